The molecule has 2 aromatic rings. The van der Waals surface area contributed by atoms with Gasteiger partial charge < -0.3 is 19.8 Å². The Hall–Kier alpha value is -3.68. The number of hydrogen-bond acceptors (Lipinski definition) is 6. The van der Waals surface area contributed by atoms with Crippen molar-refractivity contribution >= 4 is 23.5 Å². The zero-order valence-electron chi connectivity index (χ0n) is 16.1. The van der Waals surface area contributed by atoms with Gasteiger partial charge in [0.15, 0.2) is 0 Å². The molecule has 1 aromatic carbocycles. The SMILES string of the molecule is C=CCN(CC(C)=O)C(=O)CCc1ccc(C(=O)Oc2ccc(C(=N)N)cc2)o1. The Labute approximate surface area is 168 Å². The molecule has 29 heavy (non-hydrogen) atoms. The van der Waals surface area contributed by atoms with E-state index in [0.29, 0.717) is 11.3 Å². The summed E-state index contributed by atoms with van der Waals surface area (Å²) in [6.07, 6.45) is 1.98. The highest BCUT2D eigenvalue weighted by atomic mass is 16.5. The van der Waals surface area contributed by atoms with Crippen LogP contribution in [0.25, 0.3) is 0 Å². The fourth-order valence-corrected chi connectivity index (χ4v) is 2.55. The second-order valence-electron chi connectivity index (χ2n) is 6.36. The summed E-state index contributed by atoms with van der Waals surface area (Å²) in [6, 6.07) is 9.27. The third-order valence-corrected chi connectivity index (χ3v) is 3.94. The average Bonchev–Trinajstić information content (AvgIpc) is 3.15. The molecule has 0 saturated heterocycles. The maximum atomic E-state index is 12.3. The van der Waals surface area contributed by atoms with Gasteiger partial charge in [0.1, 0.15) is 23.1 Å². The average molecular weight is 397 g/mol. The summed E-state index contributed by atoms with van der Waals surface area (Å²) in [7, 11) is 0. The van der Waals surface area contributed by atoms with Crippen molar-refractivity contribution in [3.63, 3.8) is 0 Å². The van der Waals surface area contributed by atoms with Crippen molar-refractivity contribution in [2.45, 2.75) is 19.8 Å². The van der Waals surface area contributed by atoms with Crippen LogP contribution >= 0.6 is 0 Å². The Morgan fingerprint density at radius 2 is 1.90 bits per heavy atom. The van der Waals surface area contributed by atoms with Crippen LogP contribution in [0.2, 0.25) is 0 Å². The molecule has 0 bridgehead atoms. The number of nitrogens with zero attached hydrogens (tertiary/aromatic N) is 1. The molecule has 1 amide bonds. The van der Waals surface area contributed by atoms with E-state index in [4.69, 9.17) is 20.3 Å². The topological polar surface area (TPSA) is 127 Å². The molecule has 0 aliphatic heterocycles. The molecule has 1 aromatic heterocycles. The van der Waals surface area contributed by atoms with E-state index in [9.17, 15) is 14.4 Å². The van der Waals surface area contributed by atoms with E-state index in [1.54, 1.807) is 24.3 Å². The van der Waals surface area contributed by atoms with Gasteiger partial charge in [0, 0.05) is 24.9 Å². The Morgan fingerprint density at radius 3 is 2.48 bits per heavy atom. The van der Waals surface area contributed by atoms with E-state index in [2.05, 4.69) is 6.58 Å². The van der Waals surface area contributed by atoms with Gasteiger partial charge in [-0.15, -0.1) is 6.58 Å². The number of amidine groups is 1. The normalized spacial score (nSPS) is 10.2. The minimum absolute atomic E-state index is 0.00905. The van der Waals surface area contributed by atoms with Crippen molar-refractivity contribution in [3.8, 4) is 5.75 Å². The van der Waals surface area contributed by atoms with Crippen LogP contribution in [-0.4, -0.2) is 41.5 Å². The lowest BCUT2D eigenvalue weighted by atomic mass is 10.2. The van der Waals surface area contributed by atoms with Crippen LogP contribution in [0.15, 0.2) is 53.5 Å². The Bertz CT molecular complexity index is 915. The highest BCUT2D eigenvalue weighted by Crippen LogP contribution is 2.16. The molecule has 0 aliphatic carbocycles. The molecule has 8 nitrogen and oxygen atoms in total. The summed E-state index contributed by atoms with van der Waals surface area (Å²) in [5.74, 6) is -0.317. The molecule has 8 heteroatoms. The van der Waals surface area contributed by atoms with Gasteiger partial charge in [-0.1, -0.05) is 6.08 Å². The number of carbonyl (C=O) groups is 3. The molecule has 2 rings (SSSR count). The minimum Gasteiger partial charge on any atom is -0.454 e. The number of nitrogens with two attached hydrogens (primary N) is 1. The van der Waals surface area contributed by atoms with Gasteiger partial charge in [0.2, 0.25) is 11.7 Å². The van der Waals surface area contributed by atoms with Crippen molar-refractivity contribution < 1.29 is 23.5 Å². The standard InChI is InChI=1S/C21H23N3O5/c1-3-12-24(13-14(2)25)19(26)11-9-16-8-10-18(28-16)21(27)29-17-6-4-15(5-7-17)20(22)23/h3-8,10H,1,9,11-13H2,2H3,(H3,22,23). The van der Waals surface area contributed by atoms with E-state index in [0.717, 1.165) is 0 Å². The van der Waals surface area contributed by atoms with Gasteiger partial charge in [-0.05, 0) is 43.3 Å². The molecule has 152 valence electrons. The van der Waals surface area contributed by atoms with E-state index in [1.165, 1.54) is 30.0 Å². The monoisotopic (exact) mass is 397 g/mol. The largest absolute Gasteiger partial charge is 0.454 e. The van der Waals surface area contributed by atoms with Gasteiger partial charge in [0.25, 0.3) is 0 Å². The molecule has 1 heterocycles. The molecule has 0 radical (unpaired) electrons. The van der Waals surface area contributed by atoms with Crippen molar-refractivity contribution in [3.05, 3.63) is 66.1 Å². The number of rotatable bonds is 10. The van der Waals surface area contributed by atoms with Crippen molar-refractivity contribution in [2.75, 3.05) is 13.1 Å². The van der Waals surface area contributed by atoms with Gasteiger partial charge in [-0.25, -0.2) is 4.79 Å². The maximum Gasteiger partial charge on any atom is 0.379 e. The molecule has 0 aliphatic rings. The quantitative estimate of drug-likeness (QED) is 0.208. The number of ketones is 1. The smallest absolute Gasteiger partial charge is 0.379 e. The van der Waals surface area contributed by atoms with Crippen LogP contribution < -0.4 is 10.5 Å². The maximum absolute atomic E-state index is 12.3. The van der Waals surface area contributed by atoms with Crippen LogP contribution in [0.1, 0.15) is 35.2 Å². The van der Waals surface area contributed by atoms with E-state index < -0.39 is 5.97 Å². The van der Waals surface area contributed by atoms with Crippen LogP contribution in [0, 0.1) is 5.41 Å². The first-order chi connectivity index (χ1) is 13.8. The van der Waals surface area contributed by atoms with Gasteiger partial charge in [0.05, 0.1) is 6.54 Å². The third kappa shape index (κ3) is 6.46. The second kappa shape index (κ2) is 10.0. The highest BCUT2D eigenvalue weighted by Gasteiger charge is 2.17. The second-order valence-corrected chi connectivity index (χ2v) is 6.36. The summed E-state index contributed by atoms with van der Waals surface area (Å²) in [5, 5.41) is 7.34. The summed E-state index contributed by atoms with van der Waals surface area (Å²) in [4.78, 5) is 37.1. The molecule has 0 spiro atoms. The Kier molecular flexibility index (Phi) is 7.47. The molecule has 0 atom stereocenters. The number of benzene rings is 1. The fourth-order valence-electron chi connectivity index (χ4n) is 2.55. The molecule has 3 N–H and O–H groups in total. The summed E-state index contributed by atoms with van der Waals surface area (Å²) >= 11 is 0. The van der Waals surface area contributed by atoms with Crippen molar-refractivity contribution in [1.82, 2.24) is 4.90 Å². The number of amides is 1. The lowest BCUT2D eigenvalue weighted by Gasteiger charge is -2.19. The lowest BCUT2D eigenvalue weighted by molar-refractivity contribution is -0.134. The van der Waals surface area contributed by atoms with Gasteiger partial charge in [-0.2, -0.15) is 0 Å². The summed E-state index contributed by atoms with van der Waals surface area (Å²) < 4.78 is 10.7. The number of esters is 1. The lowest BCUT2D eigenvalue weighted by Crippen LogP contribution is -2.35. The zero-order chi connectivity index (χ0) is 21.4. The predicted molar refractivity (Wildman–Crippen MR) is 107 cm³/mol. The third-order valence-electron chi connectivity index (χ3n) is 3.94. The van der Waals surface area contributed by atoms with Gasteiger partial charge in [-0.3, -0.25) is 15.0 Å². The van der Waals surface area contributed by atoms with Crippen molar-refractivity contribution in [1.29, 1.82) is 5.41 Å². The molecule has 0 fully saturated rings. The first-order valence-corrected chi connectivity index (χ1v) is 8.93. The van der Waals surface area contributed by atoms with Crippen LogP contribution in [0.4, 0.5) is 0 Å². The molecular weight excluding hydrogens is 374 g/mol. The van der Waals surface area contributed by atoms with Crippen molar-refractivity contribution in [2.24, 2.45) is 5.73 Å². The number of carbonyl (C=O) groups excluding carboxylic acids is 3. The minimum atomic E-state index is -0.678. The number of nitrogen functional groups attached to an aromatic ring is 1. The first kappa shape index (κ1) is 21.6. The number of Topliss-reactive ketones (excluding diaryl/α,β-unsaturated/α-hetero) is 1. The van der Waals surface area contributed by atoms with Crippen LogP contribution in [0.5, 0.6) is 5.75 Å². The van der Waals surface area contributed by atoms with E-state index in [1.807, 2.05) is 0 Å². The Balaban J connectivity index is 1.93. The van der Waals surface area contributed by atoms with Crippen LogP contribution in [0.3, 0.4) is 0 Å². The molecule has 0 unspecified atom stereocenters. The number of hydrogen-bond donors (Lipinski definition) is 2. The van der Waals surface area contributed by atoms with Crippen LogP contribution in [-0.2, 0) is 16.0 Å². The fraction of sp³-hybridized carbons (Fsp3) is 0.238. The van der Waals surface area contributed by atoms with Gasteiger partial charge >= 0.3 is 5.97 Å². The summed E-state index contributed by atoms with van der Waals surface area (Å²) in [6.45, 7) is 5.32. The molecule has 0 saturated carbocycles. The first-order valence-electron chi connectivity index (χ1n) is 8.93. The highest BCUT2D eigenvalue weighted by molar-refractivity contribution is 5.95. The number of aryl methyl sites for hydroxylation is 1. The Morgan fingerprint density at radius 1 is 1.21 bits per heavy atom. The van der Waals surface area contributed by atoms with E-state index in [-0.39, 0.29) is 55.0 Å². The molecular formula is C21H23N3O5. The number of ether oxygens (including phenoxy) is 1. The predicted octanol–water partition coefficient (Wildman–Crippen LogP) is 2.32. The summed E-state index contributed by atoms with van der Waals surface area (Å²) in [5.41, 5.74) is 5.90. The number of nitrogens with one attached hydrogen (secondary N) is 1. The number of furan rings is 1. The zero-order valence-corrected chi connectivity index (χ0v) is 16.1. The van der Waals surface area contributed by atoms with E-state index >= 15 is 0 Å².